The SMILES string of the molecule is O=C(Nc1ccc(-c2ncn[nH]2)cc1)C1CCOc2ccccc21. The highest BCUT2D eigenvalue weighted by Crippen LogP contribution is 2.34. The minimum atomic E-state index is -0.191. The lowest BCUT2D eigenvalue weighted by Gasteiger charge is -2.25. The number of rotatable bonds is 3. The highest BCUT2D eigenvalue weighted by Gasteiger charge is 2.27. The molecule has 0 aliphatic carbocycles. The number of hydrogen-bond donors (Lipinski definition) is 2. The van der Waals surface area contributed by atoms with Gasteiger partial charge in [0.2, 0.25) is 5.91 Å². The van der Waals surface area contributed by atoms with Crippen molar-refractivity contribution in [3.8, 4) is 17.1 Å². The van der Waals surface area contributed by atoms with E-state index < -0.39 is 0 Å². The number of aromatic nitrogens is 3. The molecule has 0 saturated heterocycles. The highest BCUT2D eigenvalue weighted by molar-refractivity contribution is 5.96. The van der Waals surface area contributed by atoms with Gasteiger partial charge in [0.15, 0.2) is 5.82 Å². The minimum absolute atomic E-state index is 0.0156. The van der Waals surface area contributed by atoms with Gasteiger partial charge in [-0.25, -0.2) is 4.98 Å². The molecule has 120 valence electrons. The van der Waals surface area contributed by atoms with E-state index in [1.807, 2.05) is 48.5 Å². The first-order chi connectivity index (χ1) is 11.8. The van der Waals surface area contributed by atoms with Crippen LogP contribution in [-0.2, 0) is 4.79 Å². The molecular formula is C18H16N4O2. The molecule has 1 aliphatic heterocycles. The van der Waals surface area contributed by atoms with Gasteiger partial charge in [0.1, 0.15) is 12.1 Å². The minimum Gasteiger partial charge on any atom is -0.493 e. The fourth-order valence-electron chi connectivity index (χ4n) is 2.90. The Bertz CT molecular complexity index is 844. The van der Waals surface area contributed by atoms with Crippen LogP contribution in [0.25, 0.3) is 11.4 Å². The summed E-state index contributed by atoms with van der Waals surface area (Å²) in [6.07, 6.45) is 2.15. The highest BCUT2D eigenvalue weighted by atomic mass is 16.5. The number of fused-ring (bicyclic) bond motifs is 1. The first-order valence-electron chi connectivity index (χ1n) is 7.79. The molecule has 1 aliphatic rings. The van der Waals surface area contributed by atoms with Crippen molar-refractivity contribution >= 4 is 11.6 Å². The number of para-hydroxylation sites is 1. The summed E-state index contributed by atoms with van der Waals surface area (Å²) in [6.45, 7) is 0.555. The zero-order valence-electron chi connectivity index (χ0n) is 12.9. The molecule has 0 radical (unpaired) electrons. The second kappa shape index (κ2) is 6.16. The summed E-state index contributed by atoms with van der Waals surface area (Å²) in [5, 5.41) is 9.63. The van der Waals surface area contributed by atoms with E-state index in [-0.39, 0.29) is 11.8 Å². The van der Waals surface area contributed by atoms with Crippen molar-refractivity contribution in [3.05, 3.63) is 60.4 Å². The van der Waals surface area contributed by atoms with Crippen molar-refractivity contribution in [2.24, 2.45) is 0 Å². The molecule has 0 saturated carbocycles. The van der Waals surface area contributed by atoms with Gasteiger partial charge in [-0.1, -0.05) is 18.2 Å². The number of aromatic amines is 1. The van der Waals surface area contributed by atoms with E-state index in [1.54, 1.807) is 0 Å². The van der Waals surface area contributed by atoms with Crippen LogP contribution in [-0.4, -0.2) is 27.7 Å². The van der Waals surface area contributed by atoms with Crippen LogP contribution < -0.4 is 10.1 Å². The van der Waals surface area contributed by atoms with Crippen LogP contribution in [0.5, 0.6) is 5.75 Å². The second-order valence-electron chi connectivity index (χ2n) is 5.63. The fraction of sp³-hybridized carbons (Fsp3) is 0.167. The van der Waals surface area contributed by atoms with Crippen LogP contribution >= 0.6 is 0 Å². The molecule has 1 aromatic heterocycles. The first kappa shape index (κ1) is 14.4. The molecule has 0 spiro atoms. The van der Waals surface area contributed by atoms with Gasteiger partial charge in [0.05, 0.1) is 12.5 Å². The summed E-state index contributed by atoms with van der Waals surface area (Å²) in [7, 11) is 0. The molecule has 4 rings (SSSR count). The van der Waals surface area contributed by atoms with Gasteiger partial charge in [0.25, 0.3) is 0 Å². The van der Waals surface area contributed by atoms with Gasteiger partial charge in [0, 0.05) is 16.8 Å². The Morgan fingerprint density at radius 1 is 1.17 bits per heavy atom. The summed E-state index contributed by atoms with van der Waals surface area (Å²) in [6, 6.07) is 15.2. The Balaban J connectivity index is 1.51. The summed E-state index contributed by atoms with van der Waals surface area (Å²) in [5.74, 6) is 1.29. The predicted molar refractivity (Wildman–Crippen MR) is 89.7 cm³/mol. The number of hydrogen-bond acceptors (Lipinski definition) is 4. The third kappa shape index (κ3) is 2.74. The van der Waals surface area contributed by atoms with Crippen molar-refractivity contribution in [3.63, 3.8) is 0 Å². The van der Waals surface area contributed by atoms with E-state index in [4.69, 9.17) is 4.74 Å². The van der Waals surface area contributed by atoms with Gasteiger partial charge < -0.3 is 10.1 Å². The summed E-state index contributed by atoms with van der Waals surface area (Å²) >= 11 is 0. The van der Waals surface area contributed by atoms with E-state index in [2.05, 4.69) is 20.5 Å². The largest absolute Gasteiger partial charge is 0.493 e. The Labute approximate surface area is 138 Å². The Morgan fingerprint density at radius 3 is 2.79 bits per heavy atom. The van der Waals surface area contributed by atoms with Crippen LogP contribution in [0.15, 0.2) is 54.9 Å². The van der Waals surface area contributed by atoms with Crippen molar-refractivity contribution in [2.75, 3.05) is 11.9 Å². The third-order valence-electron chi connectivity index (χ3n) is 4.12. The standard InChI is InChI=1S/C18H16N4O2/c23-18(15-9-10-24-16-4-2-1-3-14(15)16)21-13-7-5-12(6-8-13)17-19-11-20-22-17/h1-8,11,15H,9-10H2,(H,21,23)(H,19,20,22). The van der Waals surface area contributed by atoms with Crippen molar-refractivity contribution in [1.29, 1.82) is 0 Å². The fourth-order valence-corrected chi connectivity index (χ4v) is 2.90. The number of nitrogens with one attached hydrogen (secondary N) is 2. The Morgan fingerprint density at radius 2 is 2.00 bits per heavy atom. The van der Waals surface area contributed by atoms with Gasteiger partial charge in [-0.15, -0.1) is 0 Å². The summed E-state index contributed by atoms with van der Waals surface area (Å²) in [4.78, 5) is 16.8. The maximum absolute atomic E-state index is 12.6. The topological polar surface area (TPSA) is 79.9 Å². The number of anilines is 1. The number of benzene rings is 2. The van der Waals surface area contributed by atoms with Gasteiger partial charge in [-0.05, 0) is 36.8 Å². The van der Waals surface area contributed by atoms with Crippen LogP contribution in [0, 0.1) is 0 Å². The molecule has 1 amide bonds. The number of nitrogens with zero attached hydrogens (tertiary/aromatic N) is 2. The summed E-state index contributed by atoms with van der Waals surface area (Å²) < 4.78 is 5.61. The van der Waals surface area contributed by atoms with Crippen LogP contribution in [0.2, 0.25) is 0 Å². The normalized spacial score (nSPS) is 16.1. The molecule has 6 nitrogen and oxygen atoms in total. The van der Waals surface area contributed by atoms with Gasteiger partial charge in [-0.2, -0.15) is 5.10 Å². The molecular weight excluding hydrogens is 304 g/mol. The lowest BCUT2D eigenvalue weighted by atomic mass is 9.92. The Kier molecular flexibility index (Phi) is 3.70. The molecule has 1 atom stereocenters. The zero-order chi connectivity index (χ0) is 16.4. The van der Waals surface area contributed by atoms with Crippen LogP contribution in [0.4, 0.5) is 5.69 Å². The van der Waals surface area contributed by atoms with Crippen molar-refractivity contribution in [1.82, 2.24) is 15.2 Å². The number of carbonyl (C=O) groups is 1. The van der Waals surface area contributed by atoms with E-state index in [9.17, 15) is 4.79 Å². The van der Waals surface area contributed by atoms with Crippen molar-refractivity contribution in [2.45, 2.75) is 12.3 Å². The Hall–Kier alpha value is -3.15. The molecule has 0 bridgehead atoms. The maximum Gasteiger partial charge on any atom is 0.232 e. The average Bonchev–Trinajstić information content (AvgIpc) is 3.16. The van der Waals surface area contributed by atoms with E-state index >= 15 is 0 Å². The van der Waals surface area contributed by atoms with Crippen LogP contribution in [0.3, 0.4) is 0 Å². The van der Waals surface area contributed by atoms with Gasteiger partial charge in [-0.3, -0.25) is 9.89 Å². The molecule has 2 N–H and O–H groups in total. The monoisotopic (exact) mass is 320 g/mol. The molecule has 24 heavy (non-hydrogen) atoms. The smallest absolute Gasteiger partial charge is 0.232 e. The third-order valence-corrected chi connectivity index (χ3v) is 4.12. The molecule has 6 heteroatoms. The quantitative estimate of drug-likeness (QED) is 0.777. The first-order valence-corrected chi connectivity index (χ1v) is 7.79. The number of amides is 1. The summed E-state index contributed by atoms with van der Waals surface area (Å²) in [5.41, 5.74) is 2.62. The number of carbonyl (C=O) groups excluding carboxylic acids is 1. The molecule has 0 fully saturated rings. The molecule has 3 aromatic rings. The predicted octanol–water partition coefficient (Wildman–Crippen LogP) is 2.98. The lowest BCUT2D eigenvalue weighted by Crippen LogP contribution is -2.26. The number of ether oxygens (including phenoxy) is 1. The zero-order valence-corrected chi connectivity index (χ0v) is 12.9. The number of H-pyrrole nitrogens is 1. The molecule has 2 heterocycles. The molecule has 2 aromatic carbocycles. The van der Waals surface area contributed by atoms with E-state index in [1.165, 1.54) is 6.33 Å². The molecule has 1 unspecified atom stereocenters. The lowest BCUT2D eigenvalue weighted by molar-refractivity contribution is -0.118. The van der Waals surface area contributed by atoms with E-state index in [0.29, 0.717) is 18.9 Å². The second-order valence-corrected chi connectivity index (χ2v) is 5.63. The van der Waals surface area contributed by atoms with E-state index in [0.717, 1.165) is 22.6 Å². The maximum atomic E-state index is 12.6. The van der Waals surface area contributed by atoms with Crippen molar-refractivity contribution < 1.29 is 9.53 Å². The van der Waals surface area contributed by atoms with Crippen LogP contribution in [0.1, 0.15) is 17.9 Å². The average molecular weight is 320 g/mol. The van der Waals surface area contributed by atoms with Gasteiger partial charge >= 0.3 is 0 Å².